The number of benzene rings is 2. The number of hydrogen-bond donors (Lipinski definition) is 2. The highest BCUT2D eigenvalue weighted by atomic mass is 16.6. The molecule has 48 heavy (non-hydrogen) atoms. The molecule has 2 saturated heterocycles. The molecule has 2 aromatic heterocycles. The number of fused-ring (bicyclic) bond motifs is 1. The lowest BCUT2D eigenvalue weighted by molar-refractivity contribution is -0.136. The van der Waals surface area contributed by atoms with E-state index in [1.807, 2.05) is 60.7 Å². The van der Waals surface area contributed by atoms with Gasteiger partial charge in [0, 0.05) is 30.2 Å². The summed E-state index contributed by atoms with van der Waals surface area (Å²) in [6.07, 6.45) is 4.16. The first-order chi connectivity index (χ1) is 23.0. The molecular weight excluding hydrogens is 608 g/mol. The summed E-state index contributed by atoms with van der Waals surface area (Å²) in [5, 5.41) is 6.63. The summed E-state index contributed by atoms with van der Waals surface area (Å²) in [5.41, 5.74) is 2.76. The number of anilines is 2. The first-order valence-electron chi connectivity index (χ1n) is 16.4. The van der Waals surface area contributed by atoms with Gasteiger partial charge in [0.15, 0.2) is 0 Å². The van der Waals surface area contributed by atoms with Gasteiger partial charge >= 0.3 is 6.09 Å². The summed E-state index contributed by atoms with van der Waals surface area (Å²) in [4.78, 5) is 64.1. The Kier molecular flexibility index (Phi) is 9.38. The van der Waals surface area contributed by atoms with Crippen molar-refractivity contribution < 1.29 is 23.9 Å². The van der Waals surface area contributed by atoms with Crippen LogP contribution in [0.4, 0.5) is 16.4 Å². The van der Waals surface area contributed by atoms with Crippen LogP contribution in [-0.4, -0.2) is 74.4 Å². The Bertz CT molecular complexity index is 1820. The van der Waals surface area contributed by atoms with Crippen LogP contribution in [0.1, 0.15) is 52.0 Å². The number of aromatic nitrogens is 2. The zero-order chi connectivity index (χ0) is 33.8. The van der Waals surface area contributed by atoms with Crippen LogP contribution in [0.25, 0.3) is 22.0 Å². The number of amides is 4. The van der Waals surface area contributed by atoms with Gasteiger partial charge < -0.3 is 20.3 Å². The number of carbonyl (C=O) groups is 4. The van der Waals surface area contributed by atoms with Crippen LogP contribution in [0.15, 0.2) is 79.0 Å². The fraction of sp³-hybridized carbons (Fsp3) is 0.351. The van der Waals surface area contributed by atoms with E-state index in [4.69, 9.17) is 4.74 Å². The van der Waals surface area contributed by atoms with Crippen LogP contribution in [0.5, 0.6) is 0 Å². The Hall–Kier alpha value is -5.32. The smallest absolute Gasteiger partial charge is 0.410 e. The second-order valence-corrected chi connectivity index (χ2v) is 13.3. The second-order valence-electron chi connectivity index (χ2n) is 13.3. The van der Waals surface area contributed by atoms with Crippen molar-refractivity contribution in [3.05, 3.63) is 84.6 Å². The SMILES string of the molecule is CC(C)(C)OC(=O)N1CCCC1C(=O)Nc1ccc2cc(-c3ccc(NC(=O)C4CCCN4C(=O)Cc4ccccc4)nc3)ccc2n1. The van der Waals surface area contributed by atoms with Crippen molar-refractivity contribution in [2.45, 2.75) is 70.6 Å². The van der Waals surface area contributed by atoms with Gasteiger partial charge in [0.05, 0.1) is 11.9 Å². The van der Waals surface area contributed by atoms with Crippen molar-refractivity contribution in [1.29, 1.82) is 0 Å². The van der Waals surface area contributed by atoms with Crippen LogP contribution in [0, 0.1) is 0 Å². The van der Waals surface area contributed by atoms with E-state index in [9.17, 15) is 19.2 Å². The summed E-state index contributed by atoms with van der Waals surface area (Å²) >= 11 is 0. The summed E-state index contributed by atoms with van der Waals surface area (Å²) in [7, 11) is 0. The number of nitrogens with one attached hydrogen (secondary N) is 2. The molecule has 2 aliphatic heterocycles. The molecular formula is C37H40N6O5. The standard InChI is InChI=1S/C37H40N6O5/c1-37(2,3)48-36(47)43-20-8-12-30(43)35(46)41-32-18-14-26-22-25(13-16-28(26)39-32)27-15-17-31(38-23-27)40-34(45)29-11-7-19-42(29)33(44)21-24-9-5-4-6-10-24/h4-6,9-10,13-18,22-23,29-30H,7-8,11-12,19-21H2,1-3H3,(H,38,40,45)(H,39,41,46). The maximum absolute atomic E-state index is 13.1. The third kappa shape index (κ3) is 7.62. The molecule has 2 unspecified atom stereocenters. The van der Waals surface area contributed by atoms with E-state index >= 15 is 0 Å². The molecule has 11 nitrogen and oxygen atoms in total. The van der Waals surface area contributed by atoms with Crippen molar-refractivity contribution in [2.75, 3.05) is 23.7 Å². The van der Waals surface area contributed by atoms with Crippen molar-refractivity contribution >= 4 is 46.4 Å². The predicted octanol–water partition coefficient (Wildman–Crippen LogP) is 5.81. The molecule has 0 saturated carbocycles. The highest BCUT2D eigenvalue weighted by Crippen LogP contribution is 2.27. The van der Waals surface area contributed by atoms with E-state index in [0.717, 1.165) is 34.9 Å². The molecule has 2 N–H and O–H groups in total. The first-order valence-corrected chi connectivity index (χ1v) is 16.4. The summed E-state index contributed by atoms with van der Waals surface area (Å²) in [6, 6.07) is 21.5. The van der Waals surface area contributed by atoms with Crippen LogP contribution < -0.4 is 10.6 Å². The van der Waals surface area contributed by atoms with Gasteiger partial charge in [0.2, 0.25) is 17.7 Å². The van der Waals surface area contributed by atoms with Gasteiger partial charge in [0.1, 0.15) is 29.3 Å². The fourth-order valence-corrected chi connectivity index (χ4v) is 6.22. The molecule has 0 spiro atoms. The summed E-state index contributed by atoms with van der Waals surface area (Å²) in [5.74, 6) is 0.238. The Labute approximate surface area is 279 Å². The number of nitrogens with zero attached hydrogens (tertiary/aromatic N) is 4. The lowest BCUT2D eigenvalue weighted by Crippen LogP contribution is -2.45. The monoisotopic (exact) mass is 648 g/mol. The highest BCUT2D eigenvalue weighted by Gasteiger charge is 2.37. The van der Waals surface area contributed by atoms with Crippen molar-refractivity contribution in [2.24, 2.45) is 0 Å². The van der Waals surface area contributed by atoms with Crippen LogP contribution in [0.2, 0.25) is 0 Å². The third-order valence-corrected chi connectivity index (χ3v) is 8.55. The molecule has 11 heteroatoms. The minimum atomic E-state index is -0.642. The minimum Gasteiger partial charge on any atom is -0.444 e. The zero-order valence-corrected chi connectivity index (χ0v) is 27.4. The van der Waals surface area contributed by atoms with E-state index in [2.05, 4.69) is 20.6 Å². The predicted molar refractivity (Wildman–Crippen MR) is 183 cm³/mol. The quantitative estimate of drug-likeness (QED) is 0.259. The number of ether oxygens (including phenoxy) is 1. The molecule has 6 rings (SSSR count). The Balaban J connectivity index is 1.07. The Morgan fingerprint density at radius 3 is 2.12 bits per heavy atom. The molecule has 0 radical (unpaired) electrons. The van der Waals surface area contributed by atoms with Crippen molar-refractivity contribution in [3.63, 3.8) is 0 Å². The normalized spacial score (nSPS) is 17.7. The maximum Gasteiger partial charge on any atom is 0.410 e. The number of carbonyl (C=O) groups excluding carboxylic acids is 4. The molecule has 0 aliphatic carbocycles. The molecule has 2 aromatic carbocycles. The second kappa shape index (κ2) is 13.8. The molecule has 248 valence electrons. The highest BCUT2D eigenvalue weighted by molar-refractivity contribution is 5.98. The van der Waals surface area contributed by atoms with Gasteiger partial charge in [-0.25, -0.2) is 14.8 Å². The van der Waals surface area contributed by atoms with Gasteiger partial charge in [-0.1, -0.05) is 36.4 Å². The van der Waals surface area contributed by atoms with Gasteiger partial charge in [-0.2, -0.15) is 0 Å². The first kappa shape index (κ1) is 32.6. The molecule has 2 fully saturated rings. The number of likely N-dealkylation sites (tertiary alicyclic amines) is 2. The molecule has 2 atom stereocenters. The van der Waals surface area contributed by atoms with Crippen LogP contribution in [0.3, 0.4) is 0 Å². The maximum atomic E-state index is 13.1. The van der Waals surface area contributed by atoms with Gasteiger partial charge in [0.25, 0.3) is 0 Å². The lowest BCUT2D eigenvalue weighted by Gasteiger charge is -2.27. The Morgan fingerprint density at radius 2 is 1.44 bits per heavy atom. The zero-order valence-electron chi connectivity index (χ0n) is 27.4. The molecule has 4 heterocycles. The fourth-order valence-electron chi connectivity index (χ4n) is 6.22. The number of pyridine rings is 2. The van der Waals surface area contributed by atoms with E-state index in [1.54, 1.807) is 44.0 Å². The molecule has 4 aromatic rings. The van der Waals surface area contributed by atoms with Gasteiger partial charge in [-0.3, -0.25) is 19.3 Å². The molecule has 0 bridgehead atoms. The van der Waals surface area contributed by atoms with Crippen LogP contribution >= 0.6 is 0 Å². The largest absolute Gasteiger partial charge is 0.444 e. The lowest BCUT2D eigenvalue weighted by atomic mass is 10.0. The Morgan fingerprint density at radius 1 is 0.792 bits per heavy atom. The van der Waals surface area contributed by atoms with E-state index < -0.39 is 23.8 Å². The summed E-state index contributed by atoms with van der Waals surface area (Å²) < 4.78 is 5.49. The summed E-state index contributed by atoms with van der Waals surface area (Å²) in [6.45, 7) is 6.44. The average Bonchev–Trinajstić information content (AvgIpc) is 3.76. The number of hydrogen-bond acceptors (Lipinski definition) is 7. The van der Waals surface area contributed by atoms with Gasteiger partial charge in [-0.05, 0) is 94.0 Å². The van der Waals surface area contributed by atoms with Crippen molar-refractivity contribution in [3.8, 4) is 11.1 Å². The number of rotatable bonds is 7. The van der Waals surface area contributed by atoms with E-state index in [1.165, 1.54) is 4.90 Å². The van der Waals surface area contributed by atoms with Crippen LogP contribution in [-0.2, 0) is 25.5 Å². The van der Waals surface area contributed by atoms with E-state index in [0.29, 0.717) is 43.1 Å². The topological polar surface area (TPSA) is 134 Å². The molecule has 4 amide bonds. The van der Waals surface area contributed by atoms with Crippen molar-refractivity contribution in [1.82, 2.24) is 19.8 Å². The van der Waals surface area contributed by atoms with Gasteiger partial charge in [-0.15, -0.1) is 0 Å². The van der Waals surface area contributed by atoms with E-state index in [-0.39, 0.29) is 24.1 Å². The average molecular weight is 649 g/mol. The minimum absolute atomic E-state index is 0.0545. The molecule has 2 aliphatic rings. The third-order valence-electron chi connectivity index (χ3n) is 8.55.